The highest BCUT2D eigenvalue weighted by Crippen LogP contribution is 2.64. The van der Waals surface area contributed by atoms with Crippen LogP contribution in [0.4, 0.5) is 0 Å². The molecule has 0 aliphatic heterocycles. The minimum Gasteiger partial charge on any atom is -0.387 e. The van der Waals surface area contributed by atoms with E-state index < -0.39 is 5.60 Å². The first-order chi connectivity index (χ1) is 14.4. The summed E-state index contributed by atoms with van der Waals surface area (Å²) in [4.78, 5) is 1.78. The number of aromatic nitrogens is 3. The molecule has 4 aliphatic carbocycles. The maximum absolute atomic E-state index is 10.9. The summed E-state index contributed by atoms with van der Waals surface area (Å²) in [7, 11) is 1.70. The van der Waals surface area contributed by atoms with Crippen LogP contribution in [0, 0.1) is 35.0 Å². The van der Waals surface area contributed by atoms with Gasteiger partial charge in [-0.25, -0.2) is 0 Å². The highest BCUT2D eigenvalue weighted by atomic mass is 16.5. The Morgan fingerprint density at radius 1 is 1.20 bits per heavy atom. The first-order valence-corrected chi connectivity index (χ1v) is 11.9. The number of fused-ring (bicyclic) bond motifs is 5. The average Bonchev–Trinajstić information content (AvgIpc) is 3.34. The summed E-state index contributed by atoms with van der Waals surface area (Å²) < 4.78 is 5.32. The summed E-state index contributed by atoms with van der Waals surface area (Å²) in [5.74, 6) is 3.65. The van der Waals surface area contributed by atoms with E-state index in [1.165, 1.54) is 43.3 Å². The number of ether oxygens (including phenoxy) is 1. The third-order valence-electron chi connectivity index (χ3n) is 9.31. The lowest BCUT2D eigenvalue weighted by molar-refractivity contribution is -0.0676. The van der Waals surface area contributed by atoms with Crippen LogP contribution in [-0.2, 0) is 11.3 Å². The Labute approximate surface area is 180 Å². The standard InChI is InChI=1S/C25H37N3O2/c1-17(15-28-26-12-13-27-28)22-6-7-23-21-5-4-18-14-25(29,16-30-3)11-9-19(18)20(21)8-10-24(22,23)2/h4,12-13,19-23,29H,1,5-11,14-16H2,2-3H3/t19-,20+,21+,22+,23-,24+,25+/m0/s1. The van der Waals surface area contributed by atoms with Crippen LogP contribution < -0.4 is 0 Å². The maximum Gasteiger partial charge on any atom is 0.0917 e. The molecule has 0 amide bonds. The van der Waals surface area contributed by atoms with Gasteiger partial charge in [0, 0.05) is 7.11 Å². The molecule has 1 heterocycles. The van der Waals surface area contributed by atoms with E-state index in [1.54, 1.807) is 24.3 Å². The van der Waals surface area contributed by atoms with E-state index in [1.807, 2.05) is 0 Å². The number of allylic oxidation sites excluding steroid dienone is 2. The van der Waals surface area contributed by atoms with Gasteiger partial charge >= 0.3 is 0 Å². The molecule has 0 radical (unpaired) electrons. The van der Waals surface area contributed by atoms with Gasteiger partial charge in [-0.15, -0.1) is 0 Å². The lowest BCUT2D eigenvalue weighted by Gasteiger charge is -2.54. The van der Waals surface area contributed by atoms with Crippen molar-refractivity contribution in [2.45, 2.75) is 70.4 Å². The molecule has 1 aromatic rings. The number of nitrogens with zero attached hydrogens (tertiary/aromatic N) is 3. The summed E-state index contributed by atoms with van der Waals surface area (Å²) in [6, 6.07) is 0. The van der Waals surface area contributed by atoms with Gasteiger partial charge in [0.05, 0.1) is 31.1 Å². The van der Waals surface area contributed by atoms with Crippen molar-refractivity contribution in [3.8, 4) is 0 Å². The van der Waals surface area contributed by atoms with Gasteiger partial charge in [0.25, 0.3) is 0 Å². The van der Waals surface area contributed by atoms with E-state index in [-0.39, 0.29) is 0 Å². The third kappa shape index (κ3) is 3.29. The van der Waals surface area contributed by atoms with E-state index in [9.17, 15) is 5.11 Å². The molecule has 0 spiro atoms. The molecule has 0 saturated heterocycles. The molecule has 5 nitrogen and oxygen atoms in total. The predicted molar refractivity (Wildman–Crippen MR) is 117 cm³/mol. The number of aliphatic hydroxyl groups is 1. The SMILES string of the molecule is C=C(Cn1nccn1)[C@H]1CC[C@H]2[C@@H]3CC=C4C[C@@](O)(COC)CC[C@@H]4[C@H]3CC[C@]12C. The van der Waals surface area contributed by atoms with Crippen LogP contribution in [0.2, 0.25) is 0 Å². The van der Waals surface area contributed by atoms with Crippen LogP contribution in [0.15, 0.2) is 36.2 Å². The van der Waals surface area contributed by atoms with Crippen molar-refractivity contribution in [2.75, 3.05) is 13.7 Å². The van der Waals surface area contributed by atoms with Gasteiger partial charge in [0.15, 0.2) is 0 Å². The summed E-state index contributed by atoms with van der Waals surface area (Å²) >= 11 is 0. The zero-order valence-electron chi connectivity index (χ0n) is 18.6. The minimum absolute atomic E-state index is 0.363. The van der Waals surface area contributed by atoms with E-state index in [0.29, 0.717) is 23.9 Å². The molecule has 164 valence electrons. The molecule has 3 fully saturated rings. The van der Waals surface area contributed by atoms with Crippen molar-refractivity contribution >= 4 is 0 Å². The highest BCUT2D eigenvalue weighted by Gasteiger charge is 2.56. The minimum atomic E-state index is -0.649. The molecule has 0 bridgehead atoms. The monoisotopic (exact) mass is 411 g/mol. The van der Waals surface area contributed by atoms with E-state index in [4.69, 9.17) is 4.74 Å². The molecule has 30 heavy (non-hydrogen) atoms. The van der Waals surface area contributed by atoms with Crippen LogP contribution in [0.1, 0.15) is 58.3 Å². The van der Waals surface area contributed by atoms with Crippen LogP contribution in [0.5, 0.6) is 0 Å². The van der Waals surface area contributed by atoms with Crippen molar-refractivity contribution < 1.29 is 9.84 Å². The second kappa shape index (κ2) is 7.59. The Morgan fingerprint density at radius 2 is 2.00 bits per heavy atom. The Bertz CT molecular complexity index is 818. The van der Waals surface area contributed by atoms with E-state index in [0.717, 1.165) is 43.6 Å². The predicted octanol–water partition coefficient (Wildman–Crippen LogP) is 4.40. The van der Waals surface area contributed by atoms with Crippen LogP contribution >= 0.6 is 0 Å². The lowest BCUT2D eigenvalue weighted by atomic mass is 9.51. The molecule has 0 unspecified atom stereocenters. The quantitative estimate of drug-likeness (QED) is 0.730. The molecule has 5 heteroatoms. The smallest absolute Gasteiger partial charge is 0.0917 e. The fourth-order valence-corrected chi connectivity index (χ4v) is 8.04. The zero-order valence-corrected chi connectivity index (χ0v) is 18.6. The topological polar surface area (TPSA) is 60.2 Å². The van der Waals surface area contributed by atoms with Gasteiger partial charge in [-0.1, -0.05) is 30.7 Å². The van der Waals surface area contributed by atoms with Gasteiger partial charge in [-0.2, -0.15) is 15.0 Å². The Balaban J connectivity index is 1.33. The fourth-order valence-electron chi connectivity index (χ4n) is 8.04. The lowest BCUT2D eigenvalue weighted by Crippen LogP contribution is -2.48. The maximum atomic E-state index is 10.9. The largest absolute Gasteiger partial charge is 0.387 e. The normalized spacial score (nSPS) is 42.8. The van der Waals surface area contributed by atoms with Crippen LogP contribution in [-0.4, -0.2) is 39.4 Å². The van der Waals surface area contributed by atoms with Gasteiger partial charge < -0.3 is 9.84 Å². The summed E-state index contributed by atoms with van der Waals surface area (Å²) in [5.41, 5.74) is 2.55. The summed E-state index contributed by atoms with van der Waals surface area (Å²) in [5, 5.41) is 19.5. The summed E-state index contributed by atoms with van der Waals surface area (Å²) in [6.45, 7) is 8.25. The Hall–Kier alpha value is -1.46. The average molecular weight is 412 g/mol. The Kier molecular flexibility index (Phi) is 5.18. The van der Waals surface area contributed by atoms with Gasteiger partial charge in [-0.05, 0) is 86.4 Å². The van der Waals surface area contributed by atoms with Crippen molar-refractivity contribution in [1.82, 2.24) is 15.0 Å². The summed E-state index contributed by atoms with van der Waals surface area (Å²) in [6.07, 6.45) is 15.2. The van der Waals surface area contributed by atoms with E-state index >= 15 is 0 Å². The molecule has 5 rings (SSSR count). The van der Waals surface area contributed by atoms with Crippen molar-refractivity contribution in [1.29, 1.82) is 0 Å². The molecular formula is C25H37N3O2. The van der Waals surface area contributed by atoms with Gasteiger partial charge in [-0.3, -0.25) is 0 Å². The first-order valence-electron chi connectivity index (χ1n) is 11.9. The van der Waals surface area contributed by atoms with Crippen molar-refractivity contribution in [2.24, 2.45) is 35.0 Å². The number of hydrogen-bond donors (Lipinski definition) is 1. The second-order valence-corrected chi connectivity index (χ2v) is 10.8. The zero-order chi connectivity index (χ0) is 20.9. The van der Waals surface area contributed by atoms with Gasteiger partial charge in [0.2, 0.25) is 0 Å². The molecular weight excluding hydrogens is 374 g/mol. The number of hydrogen-bond acceptors (Lipinski definition) is 4. The van der Waals surface area contributed by atoms with Gasteiger partial charge in [0.1, 0.15) is 0 Å². The molecule has 0 aromatic carbocycles. The first kappa shape index (κ1) is 20.4. The number of rotatable bonds is 5. The Morgan fingerprint density at radius 3 is 2.77 bits per heavy atom. The van der Waals surface area contributed by atoms with Crippen molar-refractivity contribution in [3.05, 3.63) is 36.2 Å². The second-order valence-electron chi connectivity index (χ2n) is 10.8. The van der Waals surface area contributed by atoms with Crippen LogP contribution in [0.25, 0.3) is 0 Å². The molecule has 1 aromatic heterocycles. The highest BCUT2D eigenvalue weighted by molar-refractivity contribution is 5.23. The molecule has 3 saturated carbocycles. The molecule has 4 aliphatic rings. The van der Waals surface area contributed by atoms with Crippen LogP contribution in [0.3, 0.4) is 0 Å². The molecule has 7 atom stereocenters. The number of methoxy groups -OCH3 is 1. The van der Waals surface area contributed by atoms with E-state index in [2.05, 4.69) is 29.8 Å². The molecule has 1 N–H and O–H groups in total. The fraction of sp³-hybridized carbons (Fsp3) is 0.760. The third-order valence-corrected chi connectivity index (χ3v) is 9.31. The van der Waals surface area contributed by atoms with Crippen molar-refractivity contribution in [3.63, 3.8) is 0 Å².